The lowest BCUT2D eigenvalue weighted by atomic mass is 10.00. The van der Waals surface area contributed by atoms with Gasteiger partial charge in [0.15, 0.2) is 0 Å². The van der Waals surface area contributed by atoms with Crippen LogP contribution in [-0.4, -0.2) is 41.0 Å². The molecule has 5 nitrogen and oxygen atoms in total. The number of imide groups is 1. The fourth-order valence-corrected chi connectivity index (χ4v) is 2.53. The summed E-state index contributed by atoms with van der Waals surface area (Å²) in [5.41, 5.74) is 5.26. The number of amides is 2. The first-order valence-electron chi connectivity index (χ1n) is 5.38. The maximum Gasteiger partial charge on any atom is 0.233 e. The van der Waals surface area contributed by atoms with E-state index in [1.165, 1.54) is 4.90 Å². The number of nitrogens with two attached hydrogens (primary N) is 1. The molecule has 2 rings (SSSR count). The highest BCUT2D eigenvalue weighted by Crippen LogP contribution is 2.39. The first-order valence-corrected chi connectivity index (χ1v) is 5.38. The maximum absolute atomic E-state index is 11.8. The second-order valence-corrected chi connectivity index (χ2v) is 4.32. The van der Waals surface area contributed by atoms with Crippen molar-refractivity contribution < 1.29 is 14.7 Å². The Hall–Kier alpha value is -0.940. The highest BCUT2D eigenvalue weighted by Gasteiger charge is 2.49. The van der Waals surface area contributed by atoms with Crippen LogP contribution in [0, 0.1) is 11.8 Å². The Morgan fingerprint density at radius 3 is 2.33 bits per heavy atom. The van der Waals surface area contributed by atoms with Crippen LogP contribution in [0.4, 0.5) is 0 Å². The molecule has 2 amide bonds. The zero-order chi connectivity index (χ0) is 11.0. The Labute approximate surface area is 88.2 Å². The molecular formula is C10H16N2O3. The van der Waals surface area contributed by atoms with Gasteiger partial charge in [0.2, 0.25) is 11.8 Å². The molecule has 5 heteroatoms. The molecule has 0 bridgehead atoms. The smallest absolute Gasteiger partial charge is 0.233 e. The first kappa shape index (κ1) is 10.6. The molecule has 1 saturated carbocycles. The van der Waals surface area contributed by atoms with E-state index in [1.54, 1.807) is 0 Å². The van der Waals surface area contributed by atoms with Crippen LogP contribution in [0.25, 0.3) is 0 Å². The highest BCUT2D eigenvalue weighted by atomic mass is 16.3. The largest absolute Gasteiger partial charge is 0.390 e. The van der Waals surface area contributed by atoms with Gasteiger partial charge in [0, 0.05) is 6.54 Å². The number of fused-ring (bicyclic) bond motifs is 1. The molecular weight excluding hydrogens is 196 g/mol. The summed E-state index contributed by atoms with van der Waals surface area (Å²) in [4.78, 5) is 24.8. The van der Waals surface area contributed by atoms with E-state index in [-0.39, 0.29) is 36.7 Å². The minimum absolute atomic E-state index is 0.0567. The van der Waals surface area contributed by atoms with Crippen LogP contribution in [0.3, 0.4) is 0 Å². The standard InChI is InChI=1S/C10H16N2O3/c11-4-6(13)5-12-9(14)7-2-1-3-8(7)10(12)15/h6-8,13H,1-5,11H2. The van der Waals surface area contributed by atoms with E-state index in [0.717, 1.165) is 19.3 Å². The van der Waals surface area contributed by atoms with Crippen molar-refractivity contribution in [3.05, 3.63) is 0 Å². The number of aliphatic hydroxyl groups is 1. The molecule has 0 aromatic carbocycles. The highest BCUT2D eigenvalue weighted by molar-refractivity contribution is 6.05. The van der Waals surface area contributed by atoms with Gasteiger partial charge in [-0.25, -0.2) is 0 Å². The zero-order valence-corrected chi connectivity index (χ0v) is 8.56. The van der Waals surface area contributed by atoms with Crippen molar-refractivity contribution in [2.24, 2.45) is 17.6 Å². The fourth-order valence-electron chi connectivity index (χ4n) is 2.53. The van der Waals surface area contributed by atoms with Crippen molar-refractivity contribution in [1.82, 2.24) is 4.90 Å². The zero-order valence-electron chi connectivity index (χ0n) is 8.56. The third kappa shape index (κ3) is 1.66. The van der Waals surface area contributed by atoms with Gasteiger partial charge in [-0.1, -0.05) is 6.42 Å². The van der Waals surface area contributed by atoms with Crippen LogP contribution in [0.1, 0.15) is 19.3 Å². The third-order valence-corrected chi connectivity index (χ3v) is 3.35. The van der Waals surface area contributed by atoms with Crippen molar-refractivity contribution in [1.29, 1.82) is 0 Å². The average Bonchev–Trinajstić information content (AvgIpc) is 2.78. The molecule has 1 aliphatic carbocycles. The number of hydrogen-bond acceptors (Lipinski definition) is 4. The molecule has 0 radical (unpaired) electrons. The SMILES string of the molecule is NCC(O)CN1C(=O)C2CCCC2C1=O. The van der Waals surface area contributed by atoms with Crippen LogP contribution in [-0.2, 0) is 9.59 Å². The third-order valence-electron chi connectivity index (χ3n) is 3.35. The number of carbonyl (C=O) groups excluding carboxylic acids is 2. The molecule has 3 unspecified atom stereocenters. The predicted molar refractivity (Wildman–Crippen MR) is 52.6 cm³/mol. The monoisotopic (exact) mass is 212 g/mol. The quantitative estimate of drug-likeness (QED) is 0.593. The van der Waals surface area contributed by atoms with Gasteiger partial charge >= 0.3 is 0 Å². The van der Waals surface area contributed by atoms with Gasteiger partial charge in [-0.3, -0.25) is 14.5 Å². The second kappa shape index (κ2) is 3.90. The molecule has 0 aromatic heterocycles. The Kier molecular flexibility index (Phi) is 2.75. The number of hydrogen-bond donors (Lipinski definition) is 2. The number of rotatable bonds is 3. The molecule has 3 atom stereocenters. The van der Waals surface area contributed by atoms with Gasteiger partial charge in [0.25, 0.3) is 0 Å². The van der Waals surface area contributed by atoms with Gasteiger partial charge < -0.3 is 10.8 Å². The van der Waals surface area contributed by atoms with E-state index in [2.05, 4.69) is 0 Å². The Morgan fingerprint density at radius 1 is 1.33 bits per heavy atom. The molecule has 15 heavy (non-hydrogen) atoms. The summed E-state index contributed by atoms with van der Waals surface area (Å²) >= 11 is 0. The molecule has 3 N–H and O–H groups in total. The summed E-state index contributed by atoms with van der Waals surface area (Å²) in [6, 6.07) is 0. The van der Waals surface area contributed by atoms with Crippen LogP contribution >= 0.6 is 0 Å². The van der Waals surface area contributed by atoms with Gasteiger partial charge in [0.05, 0.1) is 24.5 Å². The molecule has 1 aliphatic heterocycles. The Balaban J connectivity index is 2.08. The Bertz CT molecular complexity index is 270. The summed E-state index contributed by atoms with van der Waals surface area (Å²) in [5, 5.41) is 9.35. The lowest BCUT2D eigenvalue weighted by Crippen LogP contribution is -2.40. The molecule has 2 aliphatic rings. The fraction of sp³-hybridized carbons (Fsp3) is 0.800. The Morgan fingerprint density at radius 2 is 1.87 bits per heavy atom. The molecule has 1 heterocycles. The molecule has 0 aromatic rings. The molecule has 1 saturated heterocycles. The van der Waals surface area contributed by atoms with E-state index in [1.807, 2.05) is 0 Å². The number of β-amino-alcohol motifs (C(OH)–C–C–N with tert-alkyl or cyclic N) is 1. The number of nitrogens with zero attached hydrogens (tertiary/aromatic N) is 1. The summed E-state index contributed by atoms with van der Waals surface area (Å²) in [6.07, 6.45) is 1.78. The predicted octanol–water partition coefficient (Wildman–Crippen LogP) is -0.909. The van der Waals surface area contributed by atoms with Gasteiger partial charge in [-0.2, -0.15) is 0 Å². The van der Waals surface area contributed by atoms with E-state index in [9.17, 15) is 14.7 Å². The van der Waals surface area contributed by atoms with Crippen molar-refractivity contribution >= 4 is 11.8 Å². The summed E-state index contributed by atoms with van der Waals surface area (Å²) in [7, 11) is 0. The van der Waals surface area contributed by atoms with E-state index in [4.69, 9.17) is 5.73 Å². The lowest BCUT2D eigenvalue weighted by molar-refractivity contribution is -0.141. The van der Waals surface area contributed by atoms with Crippen molar-refractivity contribution in [2.75, 3.05) is 13.1 Å². The topological polar surface area (TPSA) is 83.6 Å². The maximum atomic E-state index is 11.8. The van der Waals surface area contributed by atoms with Crippen molar-refractivity contribution in [3.63, 3.8) is 0 Å². The van der Waals surface area contributed by atoms with E-state index >= 15 is 0 Å². The van der Waals surface area contributed by atoms with Gasteiger partial charge in [0.1, 0.15) is 0 Å². The van der Waals surface area contributed by atoms with Crippen LogP contribution < -0.4 is 5.73 Å². The van der Waals surface area contributed by atoms with Crippen LogP contribution in [0.2, 0.25) is 0 Å². The molecule has 84 valence electrons. The van der Waals surface area contributed by atoms with Crippen LogP contribution in [0.15, 0.2) is 0 Å². The second-order valence-electron chi connectivity index (χ2n) is 4.32. The number of aliphatic hydroxyl groups excluding tert-OH is 1. The first-order chi connectivity index (χ1) is 7.15. The van der Waals surface area contributed by atoms with Crippen LogP contribution in [0.5, 0.6) is 0 Å². The summed E-state index contributed by atoms with van der Waals surface area (Å²) in [6.45, 7) is 0.133. The average molecular weight is 212 g/mol. The summed E-state index contributed by atoms with van der Waals surface area (Å²) in [5.74, 6) is -0.477. The van der Waals surface area contributed by atoms with E-state index < -0.39 is 6.10 Å². The minimum atomic E-state index is -0.795. The minimum Gasteiger partial charge on any atom is -0.390 e. The van der Waals surface area contributed by atoms with Gasteiger partial charge in [-0.05, 0) is 12.8 Å². The number of likely N-dealkylation sites (tertiary alicyclic amines) is 1. The number of carbonyl (C=O) groups is 2. The summed E-state index contributed by atoms with van der Waals surface area (Å²) < 4.78 is 0. The van der Waals surface area contributed by atoms with E-state index in [0.29, 0.717) is 0 Å². The van der Waals surface area contributed by atoms with Gasteiger partial charge in [-0.15, -0.1) is 0 Å². The van der Waals surface area contributed by atoms with Crippen molar-refractivity contribution in [3.8, 4) is 0 Å². The normalized spacial score (nSPS) is 32.3. The molecule has 2 fully saturated rings. The lowest BCUT2D eigenvalue weighted by Gasteiger charge is -2.18. The van der Waals surface area contributed by atoms with Crippen molar-refractivity contribution in [2.45, 2.75) is 25.4 Å². The molecule has 0 spiro atoms.